The second-order valence-corrected chi connectivity index (χ2v) is 6.49. The maximum absolute atomic E-state index is 11.9. The molecule has 1 aromatic carbocycles. The minimum atomic E-state index is -0.888. The largest absolute Gasteiger partial charge is 0.467 e. The Labute approximate surface area is 140 Å². The molecule has 1 amide bonds. The van der Waals surface area contributed by atoms with E-state index in [1.54, 1.807) is 39.0 Å². The van der Waals surface area contributed by atoms with Gasteiger partial charge < -0.3 is 19.5 Å². The fourth-order valence-corrected chi connectivity index (χ4v) is 2.33. The Morgan fingerprint density at radius 2 is 2.04 bits per heavy atom. The number of nitrogens with one attached hydrogen (secondary N) is 1. The van der Waals surface area contributed by atoms with Crippen LogP contribution in [-0.2, 0) is 32.0 Å². The molecule has 130 valence electrons. The summed E-state index contributed by atoms with van der Waals surface area (Å²) in [5.41, 5.74) is 1.39. The lowest BCUT2D eigenvalue weighted by Crippen LogP contribution is -2.45. The Morgan fingerprint density at radius 1 is 1.33 bits per heavy atom. The number of esters is 2. The van der Waals surface area contributed by atoms with Crippen molar-refractivity contribution in [1.82, 2.24) is 5.32 Å². The molecule has 1 aliphatic heterocycles. The van der Waals surface area contributed by atoms with Crippen molar-refractivity contribution < 1.29 is 28.6 Å². The minimum absolute atomic E-state index is 0.213. The van der Waals surface area contributed by atoms with Crippen molar-refractivity contribution in [3.8, 4) is 0 Å². The Balaban J connectivity index is 2.10. The molecular weight excluding hydrogens is 314 g/mol. The third-order valence-electron chi connectivity index (χ3n) is 3.36. The van der Waals surface area contributed by atoms with Gasteiger partial charge in [-0.2, -0.15) is 0 Å². The quantitative estimate of drug-likeness (QED) is 0.668. The smallest absolute Gasteiger partial charge is 0.408 e. The summed E-state index contributed by atoms with van der Waals surface area (Å²) in [6.07, 6.45) is -0.481. The zero-order chi connectivity index (χ0) is 17.9. The molecule has 1 N–H and O–H groups in total. The third kappa shape index (κ3) is 4.47. The molecule has 7 nitrogen and oxygen atoms in total. The van der Waals surface area contributed by atoms with Crippen molar-refractivity contribution >= 4 is 18.0 Å². The molecule has 0 radical (unpaired) electrons. The van der Waals surface area contributed by atoms with Crippen LogP contribution in [0.4, 0.5) is 4.79 Å². The van der Waals surface area contributed by atoms with Gasteiger partial charge in [-0.25, -0.2) is 14.4 Å². The first kappa shape index (κ1) is 17.8. The fourth-order valence-electron chi connectivity index (χ4n) is 2.33. The van der Waals surface area contributed by atoms with E-state index in [0.717, 1.165) is 11.1 Å². The van der Waals surface area contributed by atoms with E-state index in [-0.39, 0.29) is 19.0 Å². The van der Waals surface area contributed by atoms with Crippen LogP contribution >= 0.6 is 0 Å². The molecule has 0 aromatic heterocycles. The van der Waals surface area contributed by atoms with Crippen LogP contribution in [0.2, 0.25) is 0 Å². The summed E-state index contributed by atoms with van der Waals surface area (Å²) < 4.78 is 14.9. The number of rotatable bonds is 4. The molecule has 1 aromatic rings. The van der Waals surface area contributed by atoms with Crippen molar-refractivity contribution in [2.75, 3.05) is 7.11 Å². The van der Waals surface area contributed by atoms with E-state index in [9.17, 15) is 14.4 Å². The number of cyclic esters (lactones) is 1. The molecule has 1 atom stereocenters. The molecule has 0 saturated heterocycles. The zero-order valence-corrected chi connectivity index (χ0v) is 14.2. The van der Waals surface area contributed by atoms with Gasteiger partial charge in [-0.1, -0.05) is 12.1 Å². The van der Waals surface area contributed by atoms with Crippen LogP contribution in [0, 0.1) is 0 Å². The van der Waals surface area contributed by atoms with E-state index in [4.69, 9.17) is 14.2 Å². The van der Waals surface area contributed by atoms with Crippen LogP contribution in [0.15, 0.2) is 18.2 Å². The lowest BCUT2D eigenvalue weighted by molar-refractivity contribution is -0.143. The Morgan fingerprint density at radius 3 is 2.67 bits per heavy atom. The minimum Gasteiger partial charge on any atom is -0.467 e. The molecule has 0 saturated carbocycles. The van der Waals surface area contributed by atoms with E-state index >= 15 is 0 Å². The summed E-state index contributed by atoms with van der Waals surface area (Å²) >= 11 is 0. The number of carbonyl (C=O) groups is 3. The number of hydrogen-bond acceptors (Lipinski definition) is 6. The number of alkyl carbamates (subject to hydrolysis) is 1. The number of fused-ring (bicyclic) bond motifs is 1. The predicted octanol–water partition coefficient (Wildman–Crippen LogP) is 1.97. The van der Waals surface area contributed by atoms with Gasteiger partial charge in [0.05, 0.1) is 12.7 Å². The highest BCUT2D eigenvalue weighted by molar-refractivity contribution is 5.93. The average Bonchev–Trinajstić information content (AvgIpc) is 2.85. The lowest BCUT2D eigenvalue weighted by atomic mass is 10.0. The number of hydrogen-bond donors (Lipinski definition) is 1. The molecule has 7 heteroatoms. The van der Waals surface area contributed by atoms with Gasteiger partial charge >= 0.3 is 18.0 Å². The number of carbonyl (C=O) groups excluding carboxylic acids is 3. The van der Waals surface area contributed by atoms with Crippen molar-refractivity contribution in [2.45, 2.75) is 45.4 Å². The van der Waals surface area contributed by atoms with Gasteiger partial charge in [0, 0.05) is 12.0 Å². The second-order valence-electron chi connectivity index (χ2n) is 6.49. The maximum atomic E-state index is 11.9. The standard InChI is InChI=1S/C17H21NO6/c1-17(2,3)24-16(21)18-13(15(20)22-4)8-10-5-6-12-11(7-10)9-23-14(12)19/h5-7,13H,8-9H2,1-4H3,(H,18,21)/t13-/m0/s1. The average molecular weight is 335 g/mol. The summed E-state index contributed by atoms with van der Waals surface area (Å²) in [6, 6.07) is 4.27. The van der Waals surface area contributed by atoms with Crippen LogP contribution in [0.25, 0.3) is 0 Å². The zero-order valence-electron chi connectivity index (χ0n) is 14.2. The molecule has 1 aliphatic rings. The topological polar surface area (TPSA) is 90.9 Å². The number of benzene rings is 1. The molecule has 24 heavy (non-hydrogen) atoms. The van der Waals surface area contributed by atoms with E-state index in [2.05, 4.69) is 5.32 Å². The van der Waals surface area contributed by atoms with E-state index in [1.165, 1.54) is 7.11 Å². The first-order chi connectivity index (χ1) is 11.2. The molecular formula is C17H21NO6. The maximum Gasteiger partial charge on any atom is 0.408 e. The monoisotopic (exact) mass is 335 g/mol. The van der Waals surface area contributed by atoms with Gasteiger partial charge in [0.1, 0.15) is 18.2 Å². The molecule has 0 fully saturated rings. The van der Waals surface area contributed by atoms with Crippen LogP contribution in [0.5, 0.6) is 0 Å². The number of ether oxygens (including phenoxy) is 3. The van der Waals surface area contributed by atoms with Gasteiger partial charge in [-0.3, -0.25) is 0 Å². The van der Waals surface area contributed by atoms with Gasteiger partial charge in [-0.05, 0) is 32.4 Å². The van der Waals surface area contributed by atoms with Crippen molar-refractivity contribution in [3.05, 3.63) is 34.9 Å². The molecule has 2 rings (SSSR count). The highest BCUT2D eigenvalue weighted by Gasteiger charge is 2.27. The molecule has 0 bridgehead atoms. The summed E-state index contributed by atoms with van der Waals surface area (Å²) in [5, 5.41) is 2.52. The van der Waals surface area contributed by atoms with Crippen molar-refractivity contribution in [1.29, 1.82) is 0 Å². The molecule has 0 unspecified atom stereocenters. The van der Waals surface area contributed by atoms with Crippen LogP contribution in [0.1, 0.15) is 42.3 Å². The van der Waals surface area contributed by atoms with Gasteiger partial charge in [-0.15, -0.1) is 0 Å². The Kier molecular flexibility index (Phi) is 5.11. The van der Waals surface area contributed by atoms with Gasteiger partial charge in [0.15, 0.2) is 0 Å². The predicted molar refractivity (Wildman–Crippen MR) is 84.4 cm³/mol. The van der Waals surface area contributed by atoms with E-state index < -0.39 is 23.7 Å². The van der Waals surface area contributed by atoms with Crippen molar-refractivity contribution in [2.24, 2.45) is 0 Å². The highest BCUT2D eigenvalue weighted by Crippen LogP contribution is 2.21. The number of methoxy groups -OCH3 is 1. The number of amides is 1. The first-order valence-electron chi connectivity index (χ1n) is 7.56. The fraction of sp³-hybridized carbons (Fsp3) is 0.471. The molecule has 0 aliphatic carbocycles. The van der Waals surface area contributed by atoms with E-state index in [1.807, 2.05) is 0 Å². The van der Waals surface area contributed by atoms with Crippen LogP contribution in [0.3, 0.4) is 0 Å². The Bertz CT molecular complexity index is 662. The van der Waals surface area contributed by atoms with Gasteiger partial charge in [0.2, 0.25) is 0 Å². The first-order valence-corrected chi connectivity index (χ1v) is 7.56. The van der Waals surface area contributed by atoms with Gasteiger partial charge in [0.25, 0.3) is 0 Å². The third-order valence-corrected chi connectivity index (χ3v) is 3.36. The highest BCUT2D eigenvalue weighted by atomic mass is 16.6. The van der Waals surface area contributed by atoms with Crippen LogP contribution in [-0.4, -0.2) is 36.8 Å². The summed E-state index contributed by atoms with van der Waals surface area (Å²) in [7, 11) is 1.25. The van der Waals surface area contributed by atoms with Crippen molar-refractivity contribution in [3.63, 3.8) is 0 Å². The summed E-state index contributed by atoms with van der Waals surface area (Å²) in [5.74, 6) is -0.929. The molecule has 0 spiro atoms. The summed E-state index contributed by atoms with van der Waals surface area (Å²) in [6.45, 7) is 5.41. The lowest BCUT2D eigenvalue weighted by Gasteiger charge is -2.22. The van der Waals surface area contributed by atoms with E-state index in [0.29, 0.717) is 5.56 Å². The summed E-state index contributed by atoms with van der Waals surface area (Å²) in [4.78, 5) is 35.3. The SMILES string of the molecule is COC(=O)[C@H](Cc1ccc2c(c1)COC2=O)NC(=O)OC(C)(C)C. The normalized spacial score (nSPS) is 14.4. The molecule has 1 heterocycles. The second kappa shape index (κ2) is 6.90. The Hall–Kier alpha value is -2.57. The van der Waals surface area contributed by atoms with Crippen LogP contribution < -0.4 is 5.32 Å².